The molecule has 0 radical (unpaired) electrons. The summed E-state index contributed by atoms with van der Waals surface area (Å²) in [5.74, 6) is 1.01. The van der Waals surface area contributed by atoms with Crippen LogP contribution < -0.4 is 10.1 Å². The molecule has 4 heteroatoms. The average Bonchev–Trinajstić information content (AvgIpc) is 2.51. The van der Waals surface area contributed by atoms with Gasteiger partial charge in [0.2, 0.25) is 0 Å². The Morgan fingerprint density at radius 1 is 1.05 bits per heavy atom. The van der Waals surface area contributed by atoms with Gasteiger partial charge in [0.05, 0.1) is 22.7 Å². The lowest BCUT2D eigenvalue weighted by Gasteiger charge is -2.22. The molecule has 1 unspecified atom stereocenters. The van der Waals surface area contributed by atoms with Crippen LogP contribution in [0, 0.1) is 0 Å². The molecule has 110 valence electrons. The Morgan fingerprint density at radius 2 is 1.81 bits per heavy atom. The van der Waals surface area contributed by atoms with Crippen LogP contribution in [0.1, 0.15) is 29.2 Å². The van der Waals surface area contributed by atoms with Crippen LogP contribution in [-0.2, 0) is 6.42 Å². The van der Waals surface area contributed by atoms with E-state index in [-0.39, 0.29) is 6.04 Å². The van der Waals surface area contributed by atoms with Crippen molar-refractivity contribution in [1.29, 1.82) is 0 Å². The number of hydrogen-bond acceptors (Lipinski definition) is 2. The number of rotatable bonds is 3. The molecular formula is C17H17Cl2NO. The van der Waals surface area contributed by atoms with E-state index in [0.717, 1.165) is 30.8 Å². The maximum absolute atomic E-state index is 6.14. The van der Waals surface area contributed by atoms with Gasteiger partial charge in [0.15, 0.2) is 0 Å². The van der Waals surface area contributed by atoms with Gasteiger partial charge < -0.3 is 10.1 Å². The Hall–Kier alpha value is -1.22. The molecule has 0 spiro atoms. The molecule has 1 atom stereocenters. The van der Waals surface area contributed by atoms with Gasteiger partial charge in [-0.05, 0) is 54.8 Å². The molecule has 0 aromatic heterocycles. The lowest BCUT2D eigenvalue weighted by atomic mass is 9.95. The fourth-order valence-electron chi connectivity index (χ4n) is 2.78. The molecule has 1 aliphatic rings. The highest BCUT2D eigenvalue weighted by Gasteiger charge is 2.17. The minimum Gasteiger partial charge on any atom is -0.493 e. The number of halogens is 2. The van der Waals surface area contributed by atoms with Gasteiger partial charge >= 0.3 is 0 Å². The highest BCUT2D eigenvalue weighted by Crippen LogP contribution is 2.32. The Balaban J connectivity index is 1.97. The Kier molecular flexibility index (Phi) is 4.39. The summed E-state index contributed by atoms with van der Waals surface area (Å²) in [6.07, 6.45) is 2.15. The zero-order valence-corrected chi connectivity index (χ0v) is 13.3. The van der Waals surface area contributed by atoms with E-state index in [4.69, 9.17) is 27.9 Å². The van der Waals surface area contributed by atoms with E-state index in [9.17, 15) is 0 Å². The predicted molar refractivity (Wildman–Crippen MR) is 87.6 cm³/mol. The molecule has 21 heavy (non-hydrogen) atoms. The van der Waals surface area contributed by atoms with Crippen LogP contribution in [-0.4, -0.2) is 13.7 Å². The molecular weight excluding hydrogens is 305 g/mol. The SMILES string of the molecule is CNC(c1ccc(Cl)c(Cl)c1)c1ccc2c(c1)CCCO2. The highest BCUT2D eigenvalue weighted by atomic mass is 35.5. The maximum Gasteiger partial charge on any atom is 0.122 e. The maximum atomic E-state index is 6.14. The molecule has 1 N–H and O–H groups in total. The third-order valence-corrected chi connectivity index (χ3v) is 4.57. The fourth-order valence-corrected chi connectivity index (χ4v) is 3.08. The molecule has 0 fully saturated rings. The molecule has 2 aromatic carbocycles. The first-order valence-corrected chi connectivity index (χ1v) is 7.82. The van der Waals surface area contributed by atoms with Gasteiger partial charge in [-0.1, -0.05) is 41.4 Å². The first-order chi connectivity index (χ1) is 10.2. The fraction of sp³-hybridized carbons (Fsp3) is 0.294. The molecule has 0 amide bonds. The van der Waals surface area contributed by atoms with E-state index >= 15 is 0 Å². The monoisotopic (exact) mass is 321 g/mol. The zero-order chi connectivity index (χ0) is 14.8. The molecule has 0 aliphatic carbocycles. The molecule has 2 aromatic rings. The second-order valence-electron chi connectivity index (χ2n) is 5.21. The number of aryl methyl sites for hydroxylation is 1. The summed E-state index contributed by atoms with van der Waals surface area (Å²) in [6, 6.07) is 12.2. The summed E-state index contributed by atoms with van der Waals surface area (Å²) in [6.45, 7) is 0.814. The van der Waals surface area contributed by atoms with E-state index in [1.165, 1.54) is 11.1 Å². The van der Waals surface area contributed by atoms with E-state index in [1.54, 1.807) is 0 Å². The summed E-state index contributed by atoms with van der Waals surface area (Å²) >= 11 is 12.1. The smallest absolute Gasteiger partial charge is 0.122 e. The minimum absolute atomic E-state index is 0.0898. The predicted octanol–water partition coefficient (Wildman–Crippen LogP) is 4.63. The van der Waals surface area contributed by atoms with Crippen molar-refractivity contribution in [2.45, 2.75) is 18.9 Å². The molecule has 2 nitrogen and oxygen atoms in total. The number of hydrogen-bond donors (Lipinski definition) is 1. The van der Waals surface area contributed by atoms with Gasteiger partial charge in [-0.3, -0.25) is 0 Å². The molecule has 0 bridgehead atoms. The normalized spacial score (nSPS) is 15.2. The standard InChI is InChI=1S/C17H17Cl2NO/c1-20-17(13-4-6-14(18)15(19)10-13)12-5-7-16-11(9-12)3-2-8-21-16/h4-7,9-10,17,20H,2-3,8H2,1H3. The molecule has 0 saturated carbocycles. The van der Waals surface area contributed by atoms with Gasteiger partial charge in [-0.25, -0.2) is 0 Å². The number of ether oxygens (including phenoxy) is 1. The summed E-state index contributed by atoms with van der Waals surface area (Å²) in [5.41, 5.74) is 3.59. The van der Waals surface area contributed by atoms with Crippen molar-refractivity contribution in [3.63, 3.8) is 0 Å². The van der Waals surface area contributed by atoms with Gasteiger partial charge in [-0.2, -0.15) is 0 Å². The van der Waals surface area contributed by atoms with Crippen molar-refractivity contribution in [3.8, 4) is 5.75 Å². The summed E-state index contributed by atoms with van der Waals surface area (Å²) in [4.78, 5) is 0. The Bertz CT molecular complexity index is 657. The van der Waals surface area contributed by atoms with Crippen LogP contribution in [0.2, 0.25) is 10.0 Å². The second-order valence-corrected chi connectivity index (χ2v) is 6.03. The molecule has 0 saturated heterocycles. The average molecular weight is 322 g/mol. The first-order valence-electron chi connectivity index (χ1n) is 7.07. The topological polar surface area (TPSA) is 21.3 Å². The summed E-state index contributed by atoms with van der Waals surface area (Å²) in [5, 5.41) is 4.50. The highest BCUT2D eigenvalue weighted by molar-refractivity contribution is 6.42. The Morgan fingerprint density at radius 3 is 2.57 bits per heavy atom. The molecule has 1 aliphatic heterocycles. The van der Waals surface area contributed by atoms with Gasteiger partial charge in [0.25, 0.3) is 0 Å². The summed E-state index contributed by atoms with van der Waals surface area (Å²) < 4.78 is 5.67. The third kappa shape index (κ3) is 3.03. The van der Waals surface area contributed by atoms with Gasteiger partial charge in [-0.15, -0.1) is 0 Å². The van der Waals surface area contributed by atoms with Crippen LogP contribution in [0.5, 0.6) is 5.75 Å². The number of nitrogens with one attached hydrogen (secondary N) is 1. The lowest BCUT2D eigenvalue weighted by molar-refractivity contribution is 0.288. The molecule has 1 heterocycles. The van der Waals surface area contributed by atoms with Crippen LogP contribution in [0.15, 0.2) is 36.4 Å². The zero-order valence-electron chi connectivity index (χ0n) is 11.8. The van der Waals surface area contributed by atoms with Crippen LogP contribution >= 0.6 is 23.2 Å². The largest absolute Gasteiger partial charge is 0.493 e. The molecule has 3 rings (SSSR count). The quantitative estimate of drug-likeness (QED) is 0.890. The van der Waals surface area contributed by atoms with Crippen molar-refractivity contribution < 1.29 is 4.74 Å². The van der Waals surface area contributed by atoms with Crippen molar-refractivity contribution >= 4 is 23.2 Å². The van der Waals surface area contributed by atoms with E-state index in [2.05, 4.69) is 23.5 Å². The van der Waals surface area contributed by atoms with Crippen molar-refractivity contribution in [2.75, 3.05) is 13.7 Å². The number of benzene rings is 2. The lowest BCUT2D eigenvalue weighted by Crippen LogP contribution is -2.18. The van der Waals surface area contributed by atoms with Crippen molar-refractivity contribution in [3.05, 3.63) is 63.1 Å². The van der Waals surface area contributed by atoms with Gasteiger partial charge in [0, 0.05) is 0 Å². The Labute approximate surface area is 135 Å². The third-order valence-electron chi connectivity index (χ3n) is 3.83. The minimum atomic E-state index is 0.0898. The van der Waals surface area contributed by atoms with Crippen molar-refractivity contribution in [1.82, 2.24) is 5.32 Å². The van der Waals surface area contributed by atoms with E-state index in [1.807, 2.05) is 25.2 Å². The van der Waals surface area contributed by atoms with Crippen LogP contribution in [0.4, 0.5) is 0 Å². The summed E-state index contributed by atoms with van der Waals surface area (Å²) in [7, 11) is 1.95. The second kappa shape index (κ2) is 6.27. The number of fused-ring (bicyclic) bond motifs is 1. The van der Waals surface area contributed by atoms with Crippen LogP contribution in [0.3, 0.4) is 0 Å². The first kappa shape index (κ1) is 14.7. The van der Waals surface area contributed by atoms with E-state index < -0.39 is 0 Å². The van der Waals surface area contributed by atoms with Gasteiger partial charge in [0.1, 0.15) is 5.75 Å². The van der Waals surface area contributed by atoms with E-state index in [0.29, 0.717) is 10.0 Å². The van der Waals surface area contributed by atoms with Crippen molar-refractivity contribution in [2.24, 2.45) is 0 Å². The van der Waals surface area contributed by atoms with Crippen LogP contribution in [0.25, 0.3) is 0 Å².